The molecule has 43 heavy (non-hydrogen) atoms. The fraction of sp³-hybridized carbons (Fsp3) is 0.464. The Balaban J connectivity index is 1.22. The van der Waals surface area contributed by atoms with Gasteiger partial charge >= 0.3 is 6.36 Å². The molecule has 1 N–H and O–H groups in total. The van der Waals surface area contributed by atoms with E-state index in [4.69, 9.17) is 0 Å². The van der Waals surface area contributed by atoms with E-state index in [1.54, 1.807) is 0 Å². The van der Waals surface area contributed by atoms with E-state index >= 15 is 0 Å². The molecule has 1 aliphatic rings. The second-order valence-corrected chi connectivity index (χ2v) is 10.3. The van der Waals surface area contributed by atoms with Gasteiger partial charge in [-0.05, 0) is 68.1 Å². The number of hydrogen-bond donors (Lipinski definition) is 1. The Bertz CT molecular complexity index is 1470. The molecule has 0 spiro atoms. The molecule has 0 aliphatic carbocycles. The molecule has 1 atom stereocenters. The number of carbonyl (C=O) groups excluding carboxylic acids is 2. The number of halogens is 5. The molecule has 10 nitrogen and oxygen atoms in total. The fourth-order valence-electron chi connectivity index (χ4n) is 4.69. The van der Waals surface area contributed by atoms with Crippen molar-refractivity contribution in [2.45, 2.75) is 64.3 Å². The highest BCUT2D eigenvalue weighted by Crippen LogP contribution is 2.23. The van der Waals surface area contributed by atoms with Crippen LogP contribution in [0.1, 0.15) is 47.3 Å². The molecule has 4 rings (SSSR count). The number of hydrogen-bond acceptors (Lipinski definition) is 7. The standard InChI is InChI=1S/C28H31F5N6O4/c29-21(9-13-38-12-8-20(25(30)27(38)42)6-7-22(40)17-37-10-1-2-11-37)16-39-18-24(35-36-39)26(41)34-15-19-4-3-5-23(14-19)43-28(31,32)33/h3-5,8,12,14,18,21H,1-2,6-7,9-11,13,15-17H2,(H,34,41). The van der Waals surface area contributed by atoms with Crippen molar-refractivity contribution < 1.29 is 36.3 Å². The highest BCUT2D eigenvalue weighted by atomic mass is 19.4. The zero-order valence-corrected chi connectivity index (χ0v) is 23.2. The van der Waals surface area contributed by atoms with Crippen LogP contribution in [0.25, 0.3) is 0 Å². The average molecular weight is 611 g/mol. The van der Waals surface area contributed by atoms with Crippen LogP contribution < -0.4 is 15.6 Å². The highest BCUT2D eigenvalue weighted by Gasteiger charge is 2.31. The third-order valence-electron chi connectivity index (χ3n) is 6.88. The first kappa shape index (κ1) is 31.8. The maximum absolute atomic E-state index is 14.7. The van der Waals surface area contributed by atoms with Crippen LogP contribution >= 0.6 is 0 Å². The number of likely N-dealkylation sites (tertiary alicyclic amines) is 1. The van der Waals surface area contributed by atoms with E-state index in [1.165, 1.54) is 30.6 Å². The van der Waals surface area contributed by atoms with Gasteiger partial charge < -0.3 is 14.6 Å². The Morgan fingerprint density at radius 3 is 2.65 bits per heavy atom. The summed E-state index contributed by atoms with van der Waals surface area (Å²) < 4.78 is 72.6. The molecule has 2 aromatic heterocycles. The molecular formula is C28H31F5N6O4. The second kappa shape index (κ2) is 14.4. The predicted octanol–water partition coefficient (Wildman–Crippen LogP) is 3.43. The van der Waals surface area contributed by atoms with Gasteiger partial charge in [0.2, 0.25) is 0 Å². The van der Waals surface area contributed by atoms with Gasteiger partial charge in [-0.1, -0.05) is 17.3 Å². The second-order valence-electron chi connectivity index (χ2n) is 10.3. The Kier molecular flexibility index (Phi) is 10.6. The van der Waals surface area contributed by atoms with Crippen LogP contribution in [0, 0.1) is 5.82 Å². The third-order valence-corrected chi connectivity index (χ3v) is 6.88. The first-order chi connectivity index (χ1) is 20.5. The van der Waals surface area contributed by atoms with Crippen molar-refractivity contribution in [2.24, 2.45) is 0 Å². The summed E-state index contributed by atoms with van der Waals surface area (Å²) in [5, 5.41) is 9.89. The molecule has 1 amide bonds. The highest BCUT2D eigenvalue weighted by molar-refractivity contribution is 5.91. The van der Waals surface area contributed by atoms with Gasteiger partial charge in [0.25, 0.3) is 11.5 Å². The van der Waals surface area contributed by atoms with E-state index < -0.39 is 35.6 Å². The minimum atomic E-state index is -4.85. The van der Waals surface area contributed by atoms with Crippen molar-refractivity contribution >= 4 is 11.7 Å². The third kappa shape index (κ3) is 9.70. The summed E-state index contributed by atoms with van der Waals surface area (Å²) in [4.78, 5) is 39.1. The van der Waals surface area contributed by atoms with E-state index in [0.717, 1.165) is 47.3 Å². The maximum atomic E-state index is 14.7. The van der Waals surface area contributed by atoms with E-state index in [2.05, 4.69) is 25.3 Å². The number of amides is 1. The smallest absolute Gasteiger partial charge is 0.406 e. The number of nitrogens with zero attached hydrogens (tertiary/aromatic N) is 5. The van der Waals surface area contributed by atoms with Crippen molar-refractivity contribution in [1.29, 1.82) is 0 Å². The van der Waals surface area contributed by atoms with E-state index in [0.29, 0.717) is 12.1 Å². The molecular weight excluding hydrogens is 579 g/mol. The fourth-order valence-corrected chi connectivity index (χ4v) is 4.69. The number of carbonyl (C=O) groups is 2. The first-order valence-electron chi connectivity index (χ1n) is 13.8. The monoisotopic (exact) mass is 610 g/mol. The number of aromatic nitrogens is 4. The number of ether oxygens (including phenoxy) is 1. The number of benzene rings is 1. The maximum Gasteiger partial charge on any atom is 0.573 e. The van der Waals surface area contributed by atoms with Gasteiger partial charge in [-0.2, -0.15) is 0 Å². The van der Waals surface area contributed by atoms with E-state index in [9.17, 15) is 36.3 Å². The molecule has 1 aromatic carbocycles. The molecule has 1 saturated heterocycles. The average Bonchev–Trinajstić information content (AvgIpc) is 3.64. The van der Waals surface area contributed by atoms with Crippen molar-refractivity contribution in [3.63, 3.8) is 0 Å². The lowest BCUT2D eigenvalue weighted by atomic mass is 10.1. The SMILES string of the molecule is O=C(CCc1ccn(CCC(F)Cn2cc(C(=O)NCc3cccc(OC(F)(F)F)c3)nn2)c(=O)c1F)CN1CCCC1. The molecule has 1 aliphatic heterocycles. The zero-order chi connectivity index (χ0) is 31.0. The van der Waals surface area contributed by atoms with Crippen LogP contribution in [0.3, 0.4) is 0 Å². The molecule has 3 aromatic rings. The van der Waals surface area contributed by atoms with E-state index in [-0.39, 0.29) is 55.9 Å². The number of pyridine rings is 1. The topological polar surface area (TPSA) is 111 Å². The quantitative estimate of drug-likeness (QED) is 0.279. The van der Waals surface area contributed by atoms with Gasteiger partial charge in [0.15, 0.2) is 11.5 Å². The Morgan fingerprint density at radius 1 is 1.14 bits per heavy atom. The van der Waals surface area contributed by atoms with Crippen molar-refractivity contribution in [1.82, 2.24) is 29.8 Å². The summed E-state index contributed by atoms with van der Waals surface area (Å²) in [6.07, 6.45) is -1.56. The zero-order valence-electron chi connectivity index (χ0n) is 23.2. The van der Waals surface area contributed by atoms with Gasteiger partial charge in [-0.25, -0.2) is 13.5 Å². The van der Waals surface area contributed by atoms with E-state index in [1.807, 2.05) is 0 Å². The van der Waals surface area contributed by atoms with Crippen LogP contribution in [-0.2, 0) is 30.8 Å². The number of nitrogens with one attached hydrogen (secondary N) is 1. The first-order valence-corrected chi connectivity index (χ1v) is 13.8. The molecule has 0 saturated carbocycles. The van der Waals surface area contributed by atoms with Gasteiger partial charge in [-0.15, -0.1) is 18.3 Å². The molecule has 15 heteroatoms. The summed E-state index contributed by atoms with van der Waals surface area (Å²) in [5.74, 6) is -2.08. The number of Topliss-reactive ketones (excluding diaryl/α,β-unsaturated/α-hetero) is 1. The molecule has 0 bridgehead atoms. The molecule has 232 valence electrons. The van der Waals surface area contributed by atoms with Gasteiger partial charge in [0.05, 0.1) is 19.3 Å². The number of alkyl halides is 4. The summed E-state index contributed by atoms with van der Waals surface area (Å²) in [7, 11) is 0. The molecule has 3 heterocycles. The Hall–Kier alpha value is -4.14. The Morgan fingerprint density at radius 2 is 1.91 bits per heavy atom. The minimum absolute atomic E-state index is 0.00996. The van der Waals surface area contributed by atoms with Crippen LogP contribution in [0.5, 0.6) is 5.75 Å². The van der Waals surface area contributed by atoms with Crippen LogP contribution in [0.15, 0.2) is 47.5 Å². The van der Waals surface area contributed by atoms with Gasteiger partial charge in [-0.3, -0.25) is 19.3 Å². The summed E-state index contributed by atoms with van der Waals surface area (Å²) >= 11 is 0. The molecule has 1 unspecified atom stereocenters. The van der Waals surface area contributed by atoms with Crippen molar-refractivity contribution in [3.05, 3.63) is 75.7 Å². The molecule has 1 fully saturated rings. The number of ketones is 1. The summed E-state index contributed by atoms with van der Waals surface area (Å²) in [6, 6.07) is 6.52. The van der Waals surface area contributed by atoms with Crippen LogP contribution in [-0.4, -0.2) is 68.3 Å². The minimum Gasteiger partial charge on any atom is -0.406 e. The lowest BCUT2D eigenvalue weighted by Crippen LogP contribution is -2.28. The lowest BCUT2D eigenvalue weighted by Gasteiger charge is -2.13. The predicted molar refractivity (Wildman–Crippen MR) is 143 cm³/mol. The van der Waals surface area contributed by atoms with Crippen molar-refractivity contribution in [3.8, 4) is 5.75 Å². The van der Waals surface area contributed by atoms with Crippen LogP contribution in [0.2, 0.25) is 0 Å². The molecule has 0 radical (unpaired) electrons. The van der Waals surface area contributed by atoms with Gasteiger partial charge in [0.1, 0.15) is 17.7 Å². The van der Waals surface area contributed by atoms with Gasteiger partial charge in [0, 0.05) is 25.7 Å². The summed E-state index contributed by atoms with van der Waals surface area (Å²) in [6.45, 7) is 1.57. The Labute approximate surface area is 243 Å². The number of rotatable bonds is 14. The van der Waals surface area contributed by atoms with Crippen LogP contribution in [0.4, 0.5) is 22.0 Å². The number of aryl methyl sites for hydroxylation is 2. The normalized spacial score (nSPS) is 14.5. The van der Waals surface area contributed by atoms with Crippen molar-refractivity contribution in [2.75, 3.05) is 19.6 Å². The summed E-state index contributed by atoms with van der Waals surface area (Å²) in [5.41, 5.74) is -0.546. The lowest BCUT2D eigenvalue weighted by molar-refractivity contribution is -0.274. The largest absolute Gasteiger partial charge is 0.573 e.